The van der Waals surface area contributed by atoms with E-state index < -0.39 is 0 Å². The van der Waals surface area contributed by atoms with Gasteiger partial charge in [-0.1, -0.05) is 41.9 Å². The summed E-state index contributed by atoms with van der Waals surface area (Å²) in [5.41, 5.74) is 0.899. The standard InChI is InChI=1S/C21H19ClN2O3/c22-18-14-23-24(19-8-4-5-13-26-19)21(25)20(18)15-9-11-17(12-10-15)27-16-6-2-1-3-7-16/h1-3,6-7,9-12,14,19H,4-5,8,13H2. The van der Waals surface area contributed by atoms with Gasteiger partial charge in [0, 0.05) is 6.61 Å². The molecule has 0 spiro atoms. The van der Waals surface area contributed by atoms with Crippen molar-refractivity contribution in [3.8, 4) is 22.6 Å². The molecule has 0 amide bonds. The molecule has 1 aromatic heterocycles. The first-order chi connectivity index (χ1) is 13.2. The predicted molar refractivity (Wildman–Crippen MR) is 104 cm³/mol. The van der Waals surface area contributed by atoms with E-state index in [-0.39, 0.29) is 11.8 Å². The Hall–Kier alpha value is -2.63. The third-order valence-electron chi connectivity index (χ3n) is 4.51. The Morgan fingerprint density at radius 1 is 1.04 bits per heavy atom. The summed E-state index contributed by atoms with van der Waals surface area (Å²) in [5, 5.41) is 4.51. The second-order valence-corrected chi connectivity index (χ2v) is 6.79. The van der Waals surface area contributed by atoms with Crippen LogP contribution in [0.3, 0.4) is 0 Å². The number of aromatic nitrogens is 2. The van der Waals surface area contributed by atoms with Crippen molar-refractivity contribution >= 4 is 11.6 Å². The van der Waals surface area contributed by atoms with E-state index in [0.717, 1.165) is 30.6 Å². The number of hydrogen-bond donors (Lipinski definition) is 0. The minimum atomic E-state index is -0.331. The highest BCUT2D eigenvalue weighted by molar-refractivity contribution is 6.33. The SMILES string of the molecule is O=c1c(-c2ccc(Oc3ccccc3)cc2)c(Cl)cnn1C1CCCCO1. The van der Waals surface area contributed by atoms with Gasteiger partial charge in [0.15, 0.2) is 6.23 Å². The smallest absolute Gasteiger partial charge is 0.278 e. The quantitative estimate of drug-likeness (QED) is 0.633. The van der Waals surface area contributed by atoms with Gasteiger partial charge in [-0.05, 0) is 49.1 Å². The van der Waals surface area contributed by atoms with Crippen molar-refractivity contribution in [3.63, 3.8) is 0 Å². The Labute approximate surface area is 162 Å². The van der Waals surface area contributed by atoms with Crippen LogP contribution in [0.4, 0.5) is 0 Å². The fraction of sp³-hybridized carbons (Fsp3) is 0.238. The van der Waals surface area contributed by atoms with Crippen molar-refractivity contribution in [2.45, 2.75) is 25.5 Å². The van der Waals surface area contributed by atoms with E-state index in [0.29, 0.717) is 22.9 Å². The van der Waals surface area contributed by atoms with E-state index in [9.17, 15) is 4.79 Å². The topological polar surface area (TPSA) is 53.3 Å². The highest BCUT2D eigenvalue weighted by atomic mass is 35.5. The molecule has 4 rings (SSSR count). The molecule has 1 unspecified atom stereocenters. The summed E-state index contributed by atoms with van der Waals surface area (Å²) in [4.78, 5) is 13.0. The molecule has 1 aliphatic rings. The van der Waals surface area contributed by atoms with Crippen LogP contribution in [0, 0.1) is 0 Å². The average Bonchev–Trinajstić information content (AvgIpc) is 2.71. The molecule has 1 saturated heterocycles. The van der Waals surface area contributed by atoms with Crippen molar-refractivity contribution in [2.24, 2.45) is 0 Å². The average molecular weight is 383 g/mol. The zero-order valence-electron chi connectivity index (χ0n) is 14.7. The van der Waals surface area contributed by atoms with Gasteiger partial charge in [-0.3, -0.25) is 4.79 Å². The van der Waals surface area contributed by atoms with Gasteiger partial charge in [-0.15, -0.1) is 0 Å². The van der Waals surface area contributed by atoms with E-state index in [4.69, 9.17) is 21.1 Å². The summed E-state index contributed by atoms with van der Waals surface area (Å²) in [6.45, 7) is 0.641. The Morgan fingerprint density at radius 2 is 1.78 bits per heavy atom. The Morgan fingerprint density at radius 3 is 2.48 bits per heavy atom. The molecule has 2 aromatic carbocycles. The third-order valence-corrected chi connectivity index (χ3v) is 4.79. The molecular formula is C21H19ClN2O3. The molecule has 1 aliphatic heterocycles. The molecule has 5 nitrogen and oxygen atoms in total. The molecule has 0 N–H and O–H groups in total. The van der Waals surface area contributed by atoms with Crippen LogP contribution in [0.15, 0.2) is 65.6 Å². The van der Waals surface area contributed by atoms with Crippen LogP contribution in [0.1, 0.15) is 25.5 Å². The first kappa shape index (κ1) is 17.8. The van der Waals surface area contributed by atoms with Crippen LogP contribution in [-0.2, 0) is 4.74 Å². The Bertz CT molecular complexity index is 965. The molecule has 0 bridgehead atoms. The Balaban J connectivity index is 1.63. The fourth-order valence-electron chi connectivity index (χ4n) is 3.14. The number of ether oxygens (including phenoxy) is 2. The molecule has 0 radical (unpaired) electrons. The van der Waals surface area contributed by atoms with Gasteiger partial charge in [0.05, 0.1) is 16.8 Å². The van der Waals surface area contributed by atoms with Gasteiger partial charge in [0.1, 0.15) is 11.5 Å². The summed E-state index contributed by atoms with van der Waals surface area (Å²) >= 11 is 6.30. The largest absolute Gasteiger partial charge is 0.457 e. The maximum absolute atomic E-state index is 13.0. The van der Waals surface area contributed by atoms with Crippen molar-refractivity contribution in [1.29, 1.82) is 0 Å². The van der Waals surface area contributed by atoms with Crippen molar-refractivity contribution in [2.75, 3.05) is 6.61 Å². The molecule has 27 heavy (non-hydrogen) atoms. The highest BCUT2D eigenvalue weighted by Crippen LogP contribution is 2.29. The van der Waals surface area contributed by atoms with Crippen molar-refractivity contribution in [3.05, 3.63) is 76.2 Å². The van der Waals surface area contributed by atoms with Gasteiger partial charge in [-0.2, -0.15) is 5.10 Å². The maximum Gasteiger partial charge on any atom is 0.278 e. The minimum absolute atomic E-state index is 0.244. The summed E-state index contributed by atoms with van der Waals surface area (Å²) in [7, 11) is 0. The summed E-state index contributed by atoms with van der Waals surface area (Å²) in [6.07, 6.45) is 3.97. The first-order valence-corrected chi connectivity index (χ1v) is 9.32. The molecule has 1 atom stereocenters. The summed E-state index contributed by atoms with van der Waals surface area (Å²) < 4.78 is 12.9. The van der Waals surface area contributed by atoms with E-state index in [1.165, 1.54) is 10.9 Å². The molecule has 3 aromatic rings. The van der Waals surface area contributed by atoms with Crippen LogP contribution in [0.5, 0.6) is 11.5 Å². The number of benzene rings is 2. The third kappa shape index (κ3) is 3.89. The van der Waals surface area contributed by atoms with Crippen molar-refractivity contribution < 1.29 is 9.47 Å². The highest BCUT2D eigenvalue weighted by Gasteiger charge is 2.21. The van der Waals surface area contributed by atoms with Crippen LogP contribution in [0.25, 0.3) is 11.1 Å². The minimum Gasteiger partial charge on any atom is -0.457 e. The van der Waals surface area contributed by atoms with E-state index >= 15 is 0 Å². The molecule has 1 fully saturated rings. The van der Waals surface area contributed by atoms with Gasteiger partial charge in [-0.25, -0.2) is 4.68 Å². The van der Waals surface area contributed by atoms with Crippen LogP contribution < -0.4 is 10.3 Å². The second kappa shape index (κ2) is 7.94. The van der Waals surface area contributed by atoms with Gasteiger partial charge < -0.3 is 9.47 Å². The fourth-order valence-corrected chi connectivity index (χ4v) is 3.38. The maximum atomic E-state index is 13.0. The van der Waals surface area contributed by atoms with Crippen LogP contribution >= 0.6 is 11.6 Å². The monoisotopic (exact) mass is 382 g/mol. The van der Waals surface area contributed by atoms with Crippen LogP contribution in [0.2, 0.25) is 5.02 Å². The molecule has 2 heterocycles. The predicted octanol–water partition coefficient (Wildman–Crippen LogP) is 5.06. The summed E-state index contributed by atoms with van der Waals surface area (Å²) in [6, 6.07) is 16.8. The number of halogens is 1. The van der Waals surface area contributed by atoms with E-state index in [2.05, 4.69) is 5.10 Å². The summed E-state index contributed by atoms with van der Waals surface area (Å²) in [5.74, 6) is 1.44. The normalized spacial score (nSPS) is 16.9. The zero-order valence-corrected chi connectivity index (χ0v) is 15.4. The second-order valence-electron chi connectivity index (χ2n) is 6.38. The molecule has 0 saturated carbocycles. The molecular weight excluding hydrogens is 364 g/mol. The zero-order chi connectivity index (χ0) is 18.6. The number of rotatable bonds is 4. The molecule has 138 valence electrons. The lowest BCUT2D eigenvalue weighted by Crippen LogP contribution is -2.31. The van der Waals surface area contributed by atoms with E-state index in [1.54, 1.807) is 0 Å². The first-order valence-electron chi connectivity index (χ1n) is 8.94. The molecule has 0 aliphatic carbocycles. The lowest BCUT2D eigenvalue weighted by molar-refractivity contribution is -0.0423. The lowest BCUT2D eigenvalue weighted by atomic mass is 10.1. The number of para-hydroxylation sites is 1. The van der Waals surface area contributed by atoms with E-state index in [1.807, 2.05) is 54.6 Å². The number of nitrogens with zero attached hydrogens (tertiary/aromatic N) is 2. The van der Waals surface area contributed by atoms with Crippen molar-refractivity contribution in [1.82, 2.24) is 9.78 Å². The number of hydrogen-bond acceptors (Lipinski definition) is 4. The molecule has 6 heteroatoms. The van der Waals surface area contributed by atoms with Gasteiger partial charge in [0.2, 0.25) is 0 Å². The van der Waals surface area contributed by atoms with Crippen LogP contribution in [-0.4, -0.2) is 16.4 Å². The van der Waals surface area contributed by atoms with Gasteiger partial charge >= 0.3 is 0 Å². The Kier molecular flexibility index (Phi) is 5.23. The lowest BCUT2D eigenvalue weighted by Gasteiger charge is -2.23. The van der Waals surface area contributed by atoms with Gasteiger partial charge in [0.25, 0.3) is 5.56 Å².